The molecule has 0 bridgehead atoms. The van der Waals surface area contributed by atoms with Crippen LogP contribution in [0.4, 0.5) is 0 Å². The summed E-state index contributed by atoms with van der Waals surface area (Å²) < 4.78 is 14.7. The zero-order chi connectivity index (χ0) is 17.1. The molecular weight excluding hydrogens is 356 g/mol. The molecule has 0 amide bonds. The summed E-state index contributed by atoms with van der Waals surface area (Å²) in [5.41, 5.74) is 2.61. The topological polar surface area (TPSA) is 79.0 Å². The van der Waals surface area contributed by atoms with Gasteiger partial charge in [-0.2, -0.15) is 5.10 Å². The van der Waals surface area contributed by atoms with Crippen LogP contribution in [0.2, 0.25) is 0 Å². The number of hydrogen-bond donors (Lipinski definition) is 1. The monoisotopic (exact) mass is 376 g/mol. The Morgan fingerprint density at radius 3 is 3.04 bits per heavy atom. The van der Waals surface area contributed by atoms with Crippen molar-refractivity contribution in [2.24, 2.45) is 0 Å². The zero-order valence-electron chi connectivity index (χ0n) is 14.4. The summed E-state index contributed by atoms with van der Waals surface area (Å²) in [5.74, 6) is 0.764. The molecule has 4 rings (SSSR count). The average molecular weight is 377 g/mol. The van der Waals surface area contributed by atoms with Crippen LogP contribution in [-0.4, -0.2) is 57.7 Å². The van der Waals surface area contributed by atoms with Gasteiger partial charge in [0.25, 0.3) is 0 Å². The number of halogens is 1. The highest BCUT2D eigenvalue weighted by atomic mass is 35.5. The van der Waals surface area contributed by atoms with E-state index >= 15 is 0 Å². The Bertz CT molecular complexity index is 830. The minimum absolute atomic E-state index is 0. The Kier molecular flexibility index (Phi) is 5.87. The summed E-state index contributed by atoms with van der Waals surface area (Å²) in [6.45, 7) is 3.12. The van der Waals surface area contributed by atoms with Crippen LogP contribution in [0.15, 0.2) is 42.9 Å². The fourth-order valence-corrected chi connectivity index (χ4v) is 2.92. The van der Waals surface area contributed by atoms with Crippen LogP contribution < -0.4 is 10.1 Å². The van der Waals surface area contributed by atoms with Gasteiger partial charge in [-0.1, -0.05) is 5.21 Å². The van der Waals surface area contributed by atoms with Gasteiger partial charge in [0.2, 0.25) is 0 Å². The zero-order valence-corrected chi connectivity index (χ0v) is 15.2. The molecule has 8 nitrogen and oxygen atoms in total. The van der Waals surface area contributed by atoms with Crippen molar-refractivity contribution in [1.82, 2.24) is 30.1 Å². The molecule has 1 aliphatic rings. The van der Waals surface area contributed by atoms with E-state index < -0.39 is 0 Å². The van der Waals surface area contributed by atoms with E-state index in [9.17, 15) is 0 Å². The molecule has 26 heavy (non-hydrogen) atoms. The van der Waals surface area contributed by atoms with Crippen molar-refractivity contribution >= 4 is 12.4 Å². The summed E-state index contributed by atoms with van der Waals surface area (Å²) in [7, 11) is 1.65. The largest absolute Gasteiger partial charge is 0.497 e. The second-order valence-corrected chi connectivity index (χ2v) is 5.86. The maximum atomic E-state index is 5.73. The first-order valence-electron chi connectivity index (χ1n) is 8.24. The number of methoxy groups -OCH3 is 1. The number of nitrogens with zero attached hydrogens (tertiary/aromatic N) is 5. The minimum Gasteiger partial charge on any atom is -0.497 e. The smallest absolute Gasteiger partial charge is 0.119 e. The van der Waals surface area contributed by atoms with E-state index in [1.165, 1.54) is 0 Å². The maximum Gasteiger partial charge on any atom is 0.119 e. The number of ether oxygens (including phenoxy) is 2. The van der Waals surface area contributed by atoms with E-state index in [-0.39, 0.29) is 18.5 Å². The fourth-order valence-electron chi connectivity index (χ4n) is 2.92. The molecule has 138 valence electrons. The first kappa shape index (κ1) is 18.4. The van der Waals surface area contributed by atoms with Crippen molar-refractivity contribution in [3.63, 3.8) is 0 Å². The molecule has 0 spiro atoms. The Hall–Kier alpha value is -2.42. The van der Waals surface area contributed by atoms with Gasteiger partial charge in [-0.15, -0.1) is 17.5 Å². The average Bonchev–Trinajstić information content (AvgIpc) is 3.34. The van der Waals surface area contributed by atoms with Gasteiger partial charge in [-0.3, -0.25) is 0 Å². The number of benzene rings is 1. The summed E-state index contributed by atoms with van der Waals surface area (Å²) in [4.78, 5) is 0. The van der Waals surface area contributed by atoms with Crippen LogP contribution in [0.1, 0.15) is 0 Å². The molecular formula is C17H21ClN6O2. The summed E-state index contributed by atoms with van der Waals surface area (Å²) in [5, 5.41) is 16.2. The van der Waals surface area contributed by atoms with Gasteiger partial charge in [-0.25, -0.2) is 9.36 Å². The number of aromatic nitrogens is 5. The lowest BCUT2D eigenvalue weighted by atomic mass is 10.1. The van der Waals surface area contributed by atoms with E-state index in [1.807, 2.05) is 46.0 Å². The second-order valence-electron chi connectivity index (χ2n) is 5.86. The summed E-state index contributed by atoms with van der Waals surface area (Å²) >= 11 is 0. The number of rotatable bonds is 5. The van der Waals surface area contributed by atoms with Crippen molar-refractivity contribution in [3.05, 3.63) is 42.9 Å². The Morgan fingerprint density at radius 2 is 2.31 bits per heavy atom. The lowest BCUT2D eigenvalue weighted by Gasteiger charge is -2.23. The van der Waals surface area contributed by atoms with Crippen molar-refractivity contribution in [3.8, 4) is 22.7 Å². The van der Waals surface area contributed by atoms with Gasteiger partial charge in [0.05, 0.1) is 38.2 Å². The highest BCUT2D eigenvalue weighted by Crippen LogP contribution is 2.29. The Labute approximate surface area is 157 Å². The van der Waals surface area contributed by atoms with Crippen molar-refractivity contribution in [2.75, 3.05) is 26.8 Å². The predicted molar refractivity (Wildman–Crippen MR) is 99.0 cm³/mol. The number of morpholine rings is 1. The molecule has 1 N–H and O–H groups in total. The molecule has 1 fully saturated rings. The van der Waals surface area contributed by atoms with E-state index in [4.69, 9.17) is 9.47 Å². The number of nitrogens with one attached hydrogen (secondary N) is 1. The van der Waals surface area contributed by atoms with Crippen molar-refractivity contribution < 1.29 is 9.47 Å². The summed E-state index contributed by atoms with van der Waals surface area (Å²) in [6, 6.07) is 7.71. The van der Waals surface area contributed by atoms with Gasteiger partial charge < -0.3 is 14.8 Å². The van der Waals surface area contributed by atoms with Crippen LogP contribution in [0.3, 0.4) is 0 Å². The molecule has 9 heteroatoms. The highest BCUT2D eigenvalue weighted by Gasteiger charge is 2.17. The molecule has 0 saturated carbocycles. The normalized spacial score (nSPS) is 16.9. The minimum atomic E-state index is 0. The SMILES string of the molecule is COc1ccc(-n2cccn2)c(-c2cn(CC3CNCCO3)nn2)c1.Cl. The van der Waals surface area contributed by atoms with Crippen molar-refractivity contribution in [1.29, 1.82) is 0 Å². The molecule has 0 aliphatic carbocycles. The van der Waals surface area contributed by atoms with E-state index in [1.54, 1.807) is 13.3 Å². The second kappa shape index (κ2) is 8.31. The van der Waals surface area contributed by atoms with Crippen LogP contribution >= 0.6 is 12.4 Å². The van der Waals surface area contributed by atoms with Crippen molar-refractivity contribution in [2.45, 2.75) is 12.6 Å². The molecule has 1 aromatic carbocycles. The van der Waals surface area contributed by atoms with E-state index in [2.05, 4.69) is 20.7 Å². The lowest BCUT2D eigenvalue weighted by molar-refractivity contribution is 0.0158. The standard InChI is InChI=1S/C17H20N6O2.ClH/c1-24-13-3-4-17(23-7-2-5-19-23)15(9-13)16-12-22(21-20-16)11-14-10-18-6-8-25-14;/h2-5,7,9,12,14,18H,6,8,10-11H2,1H3;1H. The number of hydrogen-bond acceptors (Lipinski definition) is 6. The fraction of sp³-hybridized carbons (Fsp3) is 0.353. The first-order valence-corrected chi connectivity index (χ1v) is 8.24. The molecule has 1 aliphatic heterocycles. The molecule has 1 unspecified atom stereocenters. The predicted octanol–water partition coefficient (Wildman–Crippen LogP) is 1.55. The van der Waals surface area contributed by atoms with Gasteiger partial charge in [-0.05, 0) is 24.3 Å². The van der Waals surface area contributed by atoms with Crippen LogP contribution in [0, 0.1) is 0 Å². The quantitative estimate of drug-likeness (QED) is 0.727. The molecule has 3 heterocycles. The van der Waals surface area contributed by atoms with Gasteiger partial charge >= 0.3 is 0 Å². The Balaban J connectivity index is 0.00000196. The van der Waals surface area contributed by atoms with Crippen LogP contribution in [0.25, 0.3) is 16.9 Å². The molecule has 2 aromatic heterocycles. The van der Waals surface area contributed by atoms with Gasteiger partial charge in [0, 0.05) is 31.0 Å². The molecule has 1 saturated heterocycles. The van der Waals surface area contributed by atoms with E-state index in [0.717, 1.165) is 42.4 Å². The highest BCUT2D eigenvalue weighted by molar-refractivity contribution is 5.85. The van der Waals surface area contributed by atoms with E-state index in [0.29, 0.717) is 6.54 Å². The van der Waals surface area contributed by atoms with Gasteiger partial charge in [0.15, 0.2) is 0 Å². The van der Waals surface area contributed by atoms with Crippen LogP contribution in [-0.2, 0) is 11.3 Å². The molecule has 0 radical (unpaired) electrons. The molecule has 3 aromatic rings. The third kappa shape index (κ3) is 3.87. The third-order valence-electron chi connectivity index (χ3n) is 4.16. The lowest BCUT2D eigenvalue weighted by Crippen LogP contribution is -2.40. The Morgan fingerprint density at radius 1 is 1.38 bits per heavy atom. The summed E-state index contributed by atoms with van der Waals surface area (Å²) in [6.07, 6.45) is 5.69. The van der Waals surface area contributed by atoms with Crippen LogP contribution in [0.5, 0.6) is 5.75 Å². The van der Waals surface area contributed by atoms with Gasteiger partial charge in [0.1, 0.15) is 11.4 Å². The molecule has 1 atom stereocenters. The third-order valence-corrected chi connectivity index (χ3v) is 4.16. The maximum absolute atomic E-state index is 5.73. The first-order chi connectivity index (χ1) is 12.3.